The average molecular weight is 324 g/mol. The molecular formula is C16H24N2O3S. The Bertz CT molecular complexity index is 528. The predicted molar refractivity (Wildman–Crippen MR) is 86.9 cm³/mol. The molecule has 0 spiro atoms. The summed E-state index contributed by atoms with van der Waals surface area (Å²) in [6.45, 7) is 6.73. The van der Waals surface area contributed by atoms with Gasteiger partial charge in [0.15, 0.2) is 0 Å². The van der Waals surface area contributed by atoms with Crippen LogP contribution in [0.4, 0.5) is 4.79 Å². The van der Waals surface area contributed by atoms with Gasteiger partial charge in [-0.3, -0.25) is 9.19 Å². The van der Waals surface area contributed by atoms with Gasteiger partial charge in [0.2, 0.25) is 0 Å². The molecule has 0 aliphatic carbocycles. The minimum Gasteiger partial charge on any atom is -0.444 e. The van der Waals surface area contributed by atoms with E-state index in [-0.39, 0.29) is 11.3 Å². The number of nitrogens with zero attached hydrogens (tertiary/aromatic N) is 2. The average Bonchev–Trinajstić information content (AvgIpc) is 2.46. The van der Waals surface area contributed by atoms with E-state index in [2.05, 4.69) is 4.98 Å². The van der Waals surface area contributed by atoms with Gasteiger partial charge in [0, 0.05) is 30.1 Å². The molecule has 6 heteroatoms. The minimum atomic E-state index is -1.03. The summed E-state index contributed by atoms with van der Waals surface area (Å²) in [4.78, 5) is 18.0. The fraction of sp³-hybridized carbons (Fsp3) is 0.625. The first-order valence-corrected chi connectivity index (χ1v) is 8.98. The Kier molecular flexibility index (Phi) is 5.56. The van der Waals surface area contributed by atoms with Gasteiger partial charge in [-0.25, -0.2) is 4.79 Å². The molecule has 0 saturated carbocycles. The molecule has 0 unspecified atom stereocenters. The first kappa shape index (κ1) is 16.9. The van der Waals surface area contributed by atoms with Crippen LogP contribution in [-0.4, -0.2) is 44.1 Å². The molecule has 1 aromatic rings. The van der Waals surface area contributed by atoms with Gasteiger partial charge in [-0.15, -0.1) is 0 Å². The second-order valence-electron chi connectivity index (χ2n) is 6.54. The summed E-state index contributed by atoms with van der Waals surface area (Å²) in [5.41, 5.74) is 0.326. The van der Waals surface area contributed by atoms with Crippen molar-refractivity contribution in [1.82, 2.24) is 9.88 Å². The maximum absolute atomic E-state index is 12.5. The Morgan fingerprint density at radius 1 is 1.45 bits per heavy atom. The maximum Gasteiger partial charge on any atom is 0.410 e. The summed E-state index contributed by atoms with van der Waals surface area (Å²) in [7, 11) is -1.03. The van der Waals surface area contributed by atoms with E-state index in [1.165, 1.54) is 0 Å². The fourth-order valence-electron chi connectivity index (χ4n) is 2.39. The van der Waals surface area contributed by atoms with Crippen molar-refractivity contribution >= 4 is 16.9 Å². The number of carbonyl (C=O) groups is 1. The molecule has 0 aromatic carbocycles. The Morgan fingerprint density at radius 2 is 2.23 bits per heavy atom. The molecule has 122 valence electrons. The van der Waals surface area contributed by atoms with Gasteiger partial charge in [-0.05, 0) is 45.7 Å². The highest BCUT2D eigenvalue weighted by molar-refractivity contribution is 7.84. The molecule has 0 radical (unpaired) electrons. The number of likely N-dealkylation sites (tertiary alicyclic amines) is 1. The van der Waals surface area contributed by atoms with E-state index in [1.54, 1.807) is 11.1 Å². The first-order valence-electron chi connectivity index (χ1n) is 7.60. The number of carbonyl (C=O) groups excluding carboxylic acids is 1. The third kappa shape index (κ3) is 5.09. The zero-order chi connectivity index (χ0) is 16.2. The number of rotatable bonds is 3. The smallest absolute Gasteiger partial charge is 0.410 e. The van der Waals surface area contributed by atoms with Crippen LogP contribution in [0.3, 0.4) is 0 Å². The summed E-state index contributed by atoms with van der Waals surface area (Å²) in [5.74, 6) is 0.438. The van der Waals surface area contributed by atoms with Gasteiger partial charge >= 0.3 is 6.09 Å². The molecule has 2 atom stereocenters. The van der Waals surface area contributed by atoms with E-state index in [4.69, 9.17) is 4.74 Å². The molecular weight excluding hydrogens is 300 g/mol. The van der Waals surface area contributed by atoms with E-state index >= 15 is 0 Å². The number of piperidine rings is 1. The lowest BCUT2D eigenvalue weighted by Crippen LogP contribution is -2.46. The number of pyridine rings is 1. The van der Waals surface area contributed by atoms with Crippen LogP contribution >= 0.6 is 0 Å². The summed E-state index contributed by atoms with van der Waals surface area (Å²) in [6.07, 6.45) is 3.13. The summed E-state index contributed by atoms with van der Waals surface area (Å²) in [5, 5.41) is -0.0109. The van der Waals surface area contributed by atoms with Crippen LogP contribution in [0.15, 0.2) is 24.4 Å². The van der Waals surface area contributed by atoms with Crippen molar-refractivity contribution in [2.75, 3.05) is 13.1 Å². The van der Waals surface area contributed by atoms with Crippen LogP contribution in [0, 0.1) is 0 Å². The van der Waals surface area contributed by atoms with Crippen LogP contribution in [0.25, 0.3) is 0 Å². The minimum absolute atomic E-state index is 0.0109. The molecule has 1 fully saturated rings. The molecule has 1 amide bonds. The normalized spacial score (nSPS) is 20.5. The topological polar surface area (TPSA) is 59.5 Å². The Morgan fingerprint density at radius 3 is 2.86 bits per heavy atom. The molecule has 1 aliphatic rings. The lowest BCUT2D eigenvalue weighted by Gasteiger charge is -2.33. The largest absolute Gasteiger partial charge is 0.444 e. The Labute approximate surface area is 134 Å². The highest BCUT2D eigenvalue weighted by Crippen LogP contribution is 2.19. The van der Waals surface area contributed by atoms with Gasteiger partial charge in [0.25, 0.3) is 0 Å². The lowest BCUT2D eigenvalue weighted by molar-refractivity contribution is 0.0219. The van der Waals surface area contributed by atoms with Crippen molar-refractivity contribution in [3.8, 4) is 0 Å². The van der Waals surface area contributed by atoms with Crippen molar-refractivity contribution in [2.45, 2.75) is 50.2 Å². The van der Waals surface area contributed by atoms with E-state index in [0.717, 1.165) is 18.5 Å². The number of hydrogen-bond donors (Lipinski definition) is 0. The van der Waals surface area contributed by atoms with Crippen LogP contribution in [0.5, 0.6) is 0 Å². The lowest BCUT2D eigenvalue weighted by atomic mass is 10.1. The van der Waals surface area contributed by atoms with Crippen molar-refractivity contribution in [2.24, 2.45) is 0 Å². The number of hydrogen-bond acceptors (Lipinski definition) is 4. The molecule has 1 aromatic heterocycles. The molecule has 2 heterocycles. The highest BCUT2D eigenvalue weighted by atomic mass is 32.2. The van der Waals surface area contributed by atoms with Gasteiger partial charge in [-0.2, -0.15) is 0 Å². The summed E-state index contributed by atoms with van der Waals surface area (Å²) in [6, 6.07) is 5.62. The second kappa shape index (κ2) is 7.22. The summed E-state index contributed by atoms with van der Waals surface area (Å²) < 4.78 is 17.9. The van der Waals surface area contributed by atoms with Crippen molar-refractivity contribution in [1.29, 1.82) is 0 Å². The number of aromatic nitrogens is 1. The number of amides is 1. The third-order valence-corrected chi connectivity index (χ3v) is 5.13. The van der Waals surface area contributed by atoms with E-state index in [9.17, 15) is 9.00 Å². The van der Waals surface area contributed by atoms with E-state index in [1.807, 2.05) is 39.0 Å². The molecule has 1 aliphatic heterocycles. The fourth-order valence-corrected chi connectivity index (χ4v) is 3.87. The van der Waals surface area contributed by atoms with Crippen LogP contribution in [0.2, 0.25) is 0 Å². The monoisotopic (exact) mass is 324 g/mol. The highest BCUT2D eigenvalue weighted by Gasteiger charge is 2.30. The predicted octanol–water partition coefficient (Wildman–Crippen LogP) is 2.73. The maximum atomic E-state index is 12.5. The van der Waals surface area contributed by atoms with Gasteiger partial charge in [0.05, 0.1) is 16.7 Å². The number of ether oxygens (including phenoxy) is 1. The van der Waals surface area contributed by atoms with Crippen LogP contribution in [-0.2, 0) is 21.3 Å². The third-order valence-electron chi connectivity index (χ3n) is 3.42. The Hall–Kier alpha value is -1.43. The molecule has 0 bridgehead atoms. The van der Waals surface area contributed by atoms with Gasteiger partial charge in [-0.1, -0.05) is 6.07 Å². The zero-order valence-electron chi connectivity index (χ0n) is 13.4. The van der Waals surface area contributed by atoms with Gasteiger partial charge in [0.1, 0.15) is 5.60 Å². The molecule has 5 nitrogen and oxygen atoms in total. The first-order chi connectivity index (χ1) is 10.3. The quantitative estimate of drug-likeness (QED) is 0.858. The SMILES string of the molecule is CC(C)(C)OC(=O)N1CCC[C@@H]([S@](=O)Cc2ccccn2)C1. The van der Waals surface area contributed by atoms with Crippen molar-refractivity contribution in [3.05, 3.63) is 30.1 Å². The van der Waals surface area contributed by atoms with Gasteiger partial charge < -0.3 is 9.64 Å². The van der Waals surface area contributed by atoms with Crippen molar-refractivity contribution in [3.63, 3.8) is 0 Å². The standard InChI is InChI=1S/C16H24N2O3S/c1-16(2,3)21-15(19)18-10-6-8-14(11-18)22(20)12-13-7-4-5-9-17-13/h4-5,7,9,14H,6,8,10-12H2,1-3H3/t14-,22-/m1/s1. The van der Waals surface area contributed by atoms with Crippen molar-refractivity contribution < 1.29 is 13.7 Å². The molecule has 22 heavy (non-hydrogen) atoms. The van der Waals surface area contributed by atoms with Crippen LogP contribution < -0.4 is 0 Å². The second-order valence-corrected chi connectivity index (χ2v) is 8.25. The molecule has 1 saturated heterocycles. The molecule has 2 rings (SSSR count). The van der Waals surface area contributed by atoms with E-state index in [0.29, 0.717) is 18.8 Å². The van der Waals surface area contributed by atoms with E-state index < -0.39 is 16.4 Å². The zero-order valence-corrected chi connectivity index (χ0v) is 14.3. The summed E-state index contributed by atoms with van der Waals surface area (Å²) >= 11 is 0. The molecule has 0 N–H and O–H groups in total. The Balaban J connectivity index is 1.92. The van der Waals surface area contributed by atoms with Crippen LogP contribution in [0.1, 0.15) is 39.3 Å².